The average molecular weight is 353 g/mol. The Bertz CT molecular complexity index is 781. The lowest BCUT2D eigenvalue weighted by Gasteiger charge is -2.10. The van der Waals surface area contributed by atoms with Crippen molar-refractivity contribution >= 4 is 29.1 Å². The number of halogens is 3. The van der Waals surface area contributed by atoms with Crippen LogP contribution in [0.4, 0.5) is 14.5 Å². The SMILES string of the molecule is Cc1c(Cl)cccc1NC(=O)CCNC(=O)c1ccc(F)cc1F. The van der Waals surface area contributed by atoms with Gasteiger partial charge in [0.15, 0.2) is 0 Å². The van der Waals surface area contributed by atoms with E-state index in [-0.39, 0.29) is 24.4 Å². The standard InChI is InChI=1S/C17H15ClF2N2O2/c1-10-13(18)3-2-4-15(10)22-16(23)7-8-21-17(24)12-6-5-11(19)9-14(12)20/h2-6,9H,7-8H2,1H3,(H,21,24)(H,22,23). The largest absolute Gasteiger partial charge is 0.351 e. The zero-order valence-corrected chi connectivity index (χ0v) is 13.6. The van der Waals surface area contributed by atoms with Crippen molar-refractivity contribution in [2.45, 2.75) is 13.3 Å². The first-order chi connectivity index (χ1) is 11.4. The summed E-state index contributed by atoms with van der Waals surface area (Å²) < 4.78 is 26.3. The molecule has 0 aliphatic heterocycles. The molecule has 2 rings (SSSR count). The summed E-state index contributed by atoms with van der Waals surface area (Å²) >= 11 is 5.97. The number of benzene rings is 2. The molecule has 0 atom stereocenters. The highest BCUT2D eigenvalue weighted by Gasteiger charge is 2.13. The number of rotatable bonds is 5. The van der Waals surface area contributed by atoms with E-state index in [0.717, 1.165) is 17.7 Å². The molecule has 0 aliphatic carbocycles. The van der Waals surface area contributed by atoms with E-state index in [1.807, 2.05) is 0 Å². The van der Waals surface area contributed by atoms with Crippen LogP contribution in [0, 0.1) is 18.6 Å². The first kappa shape index (κ1) is 17.9. The van der Waals surface area contributed by atoms with Gasteiger partial charge in [-0.05, 0) is 36.8 Å². The Kier molecular flexibility index (Phi) is 5.87. The Hall–Kier alpha value is -2.47. The molecule has 24 heavy (non-hydrogen) atoms. The van der Waals surface area contributed by atoms with Gasteiger partial charge in [-0.1, -0.05) is 17.7 Å². The van der Waals surface area contributed by atoms with E-state index in [1.165, 1.54) is 0 Å². The Morgan fingerprint density at radius 2 is 1.92 bits per heavy atom. The number of nitrogens with one attached hydrogen (secondary N) is 2. The van der Waals surface area contributed by atoms with Crippen molar-refractivity contribution in [1.82, 2.24) is 5.32 Å². The summed E-state index contributed by atoms with van der Waals surface area (Å²) in [4.78, 5) is 23.7. The summed E-state index contributed by atoms with van der Waals surface area (Å²) in [7, 11) is 0. The van der Waals surface area contributed by atoms with Crippen LogP contribution in [0.1, 0.15) is 22.3 Å². The van der Waals surface area contributed by atoms with Gasteiger partial charge in [0.2, 0.25) is 5.91 Å². The van der Waals surface area contributed by atoms with Crippen LogP contribution in [0.5, 0.6) is 0 Å². The number of amides is 2. The lowest BCUT2D eigenvalue weighted by molar-refractivity contribution is -0.116. The van der Waals surface area contributed by atoms with Crippen molar-refractivity contribution < 1.29 is 18.4 Å². The van der Waals surface area contributed by atoms with Crippen LogP contribution in [0.15, 0.2) is 36.4 Å². The Balaban J connectivity index is 1.86. The minimum absolute atomic E-state index is 0.000503. The van der Waals surface area contributed by atoms with E-state index < -0.39 is 17.5 Å². The Morgan fingerprint density at radius 3 is 2.62 bits per heavy atom. The summed E-state index contributed by atoms with van der Waals surface area (Å²) in [5.41, 5.74) is 1.05. The molecule has 2 N–H and O–H groups in total. The molecule has 0 radical (unpaired) electrons. The highest BCUT2D eigenvalue weighted by atomic mass is 35.5. The summed E-state index contributed by atoms with van der Waals surface area (Å²) in [6.45, 7) is 1.79. The molecule has 4 nitrogen and oxygen atoms in total. The van der Waals surface area contributed by atoms with Crippen molar-refractivity contribution in [2.75, 3.05) is 11.9 Å². The van der Waals surface area contributed by atoms with E-state index in [0.29, 0.717) is 16.8 Å². The number of hydrogen-bond donors (Lipinski definition) is 2. The molecule has 0 aliphatic rings. The van der Waals surface area contributed by atoms with Crippen LogP contribution in [-0.2, 0) is 4.79 Å². The third-order valence-electron chi connectivity index (χ3n) is 3.36. The van der Waals surface area contributed by atoms with Gasteiger partial charge in [-0.2, -0.15) is 0 Å². The van der Waals surface area contributed by atoms with Gasteiger partial charge in [0.25, 0.3) is 5.91 Å². The fourth-order valence-corrected chi connectivity index (χ4v) is 2.19. The summed E-state index contributed by atoms with van der Waals surface area (Å²) in [6, 6.07) is 7.81. The number of carbonyl (C=O) groups excluding carboxylic acids is 2. The maximum atomic E-state index is 13.5. The van der Waals surface area contributed by atoms with E-state index in [9.17, 15) is 18.4 Å². The van der Waals surface area contributed by atoms with E-state index >= 15 is 0 Å². The van der Waals surface area contributed by atoms with Crippen molar-refractivity contribution in [1.29, 1.82) is 0 Å². The van der Waals surface area contributed by atoms with Crippen molar-refractivity contribution in [3.63, 3.8) is 0 Å². The second-order valence-electron chi connectivity index (χ2n) is 5.09. The highest BCUT2D eigenvalue weighted by Crippen LogP contribution is 2.22. The number of carbonyl (C=O) groups is 2. The molecule has 0 unspecified atom stereocenters. The smallest absolute Gasteiger partial charge is 0.254 e. The maximum absolute atomic E-state index is 13.5. The molecular weight excluding hydrogens is 338 g/mol. The lowest BCUT2D eigenvalue weighted by atomic mass is 10.2. The molecule has 126 valence electrons. The molecule has 0 saturated heterocycles. The Morgan fingerprint density at radius 1 is 1.17 bits per heavy atom. The van der Waals surface area contributed by atoms with Crippen LogP contribution in [0.2, 0.25) is 5.02 Å². The minimum atomic E-state index is -0.952. The van der Waals surface area contributed by atoms with Gasteiger partial charge >= 0.3 is 0 Å². The van der Waals surface area contributed by atoms with Crippen molar-refractivity contribution in [3.8, 4) is 0 Å². The normalized spacial score (nSPS) is 10.3. The molecular formula is C17H15ClF2N2O2. The minimum Gasteiger partial charge on any atom is -0.351 e. The van der Waals surface area contributed by atoms with Gasteiger partial charge in [0.1, 0.15) is 11.6 Å². The van der Waals surface area contributed by atoms with Gasteiger partial charge in [-0.25, -0.2) is 8.78 Å². The van der Waals surface area contributed by atoms with E-state index in [1.54, 1.807) is 25.1 Å². The fraction of sp³-hybridized carbons (Fsp3) is 0.176. The molecule has 2 aromatic carbocycles. The zero-order valence-electron chi connectivity index (χ0n) is 12.8. The molecule has 2 amide bonds. The molecule has 7 heteroatoms. The maximum Gasteiger partial charge on any atom is 0.254 e. The molecule has 0 saturated carbocycles. The van der Waals surface area contributed by atoms with Crippen molar-refractivity contribution in [3.05, 3.63) is 64.2 Å². The highest BCUT2D eigenvalue weighted by molar-refractivity contribution is 6.31. The molecule has 0 fully saturated rings. The van der Waals surface area contributed by atoms with Crippen molar-refractivity contribution in [2.24, 2.45) is 0 Å². The third kappa shape index (κ3) is 4.52. The van der Waals surface area contributed by atoms with E-state index in [4.69, 9.17) is 11.6 Å². The van der Waals surface area contributed by atoms with Gasteiger partial charge in [-0.3, -0.25) is 9.59 Å². The first-order valence-corrected chi connectivity index (χ1v) is 7.54. The Labute approximate surface area is 142 Å². The second kappa shape index (κ2) is 7.88. The van der Waals surface area contributed by atoms with Gasteiger partial charge < -0.3 is 10.6 Å². The predicted octanol–water partition coefficient (Wildman–Crippen LogP) is 3.69. The zero-order chi connectivity index (χ0) is 17.7. The van der Waals surface area contributed by atoms with Crippen LogP contribution in [0.25, 0.3) is 0 Å². The fourth-order valence-electron chi connectivity index (χ4n) is 2.01. The van der Waals surface area contributed by atoms with Crippen LogP contribution in [0.3, 0.4) is 0 Å². The summed E-state index contributed by atoms with van der Waals surface area (Å²) in [5, 5.41) is 5.63. The molecule has 0 aromatic heterocycles. The first-order valence-electron chi connectivity index (χ1n) is 7.16. The summed E-state index contributed by atoms with van der Waals surface area (Å²) in [6.07, 6.45) is 0.000503. The van der Waals surface area contributed by atoms with Crippen LogP contribution in [-0.4, -0.2) is 18.4 Å². The molecule has 0 heterocycles. The van der Waals surface area contributed by atoms with Crippen LogP contribution >= 0.6 is 11.6 Å². The average Bonchev–Trinajstić information content (AvgIpc) is 2.51. The molecule has 0 bridgehead atoms. The lowest BCUT2D eigenvalue weighted by Crippen LogP contribution is -2.28. The quantitative estimate of drug-likeness (QED) is 0.862. The number of hydrogen-bond acceptors (Lipinski definition) is 2. The number of anilines is 1. The molecule has 0 spiro atoms. The van der Waals surface area contributed by atoms with E-state index in [2.05, 4.69) is 10.6 Å². The monoisotopic (exact) mass is 352 g/mol. The van der Waals surface area contributed by atoms with Crippen LogP contribution < -0.4 is 10.6 Å². The van der Waals surface area contributed by atoms with Gasteiger partial charge in [0, 0.05) is 29.7 Å². The summed E-state index contributed by atoms with van der Waals surface area (Å²) in [5.74, 6) is -2.74. The topological polar surface area (TPSA) is 58.2 Å². The van der Waals surface area contributed by atoms with Gasteiger partial charge in [0.05, 0.1) is 5.56 Å². The van der Waals surface area contributed by atoms with Gasteiger partial charge in [-0.15, -0.1) is 0 Å². The molecule has 2 aromatic rings. The third-order valence-corrected chi connectivity index (χ3v) is 3.76. The predicted molar refractivity (Wildman–Crippen MR) is 88.1 cm³/mol. The second-order valence-corrected chi connectivity index (χ2v) is 5.50.